The Kier molecular flexibility index (Phi) is 9.59. The zero-order chi connectivity index (χ0) is 27.8. The van der Waals surface area contributed by atoms with E-state index in [1.165, 1.54) is 6.42 Å². The highest BCUT2D eigenvalue weighted by Gasteiger charge is 2.17. The zero-order valence-corrected chi connectivity index (χ0v) is 23.9. The Bertz CT molecular complexity index is 1510. The first-order chi connectivity index (χ1) is 18.8. The summed E-state index contributed by atoms with van der Waals surface area (Å²) in [6, 6.07) is 23.0. The molecule has 0 saturated heterocycles. The number of aryl methyl sites for hydroxylation is 1. The van der Waals surface area contributed by atoms with Crippen molar-refractivity contribution in [1.29, 1.82) is 0 Å². The molecule has 4 rings (SSSR count). The van der Waals surface area contributed by atoms with Crippen molar-refractivity contribution in [3.8, 4) is 11.3 Å². The molecule has 0 radical (unpaired) electrons. The number of benzene rings is 3. The maximum Gasteiger partial charge on any atom is 0.240 e. The van der Waals surface area contributed by atoms with E-state index in [0.717, 1.165) is 58.2 Å². The average molecular weight is 546 g/mol. The molecule has 3 aromatic carbocycles. The van der Waals surface area contributed by atoms with Gasteiger partial charge in [0.2, 0.25) is 15.9 Å². The molecular weight excluding hydrogens is 506 g/mol. The van der Waals surface area contributed by atoms with Gasteiger partial charge in [-0.2, -0.15) is 0 Å². The van der Waals surface area contributed by atoms with Gasteiger partial charge in [-0.1, -0.05) is 76.1 Å². The van der Waals surface area contributed by atoms with E-state index in [9.17, 15) is 13.2 Å². The zero-order valence-electron chi connectivity index (χ0n) is 23.1. The van der Waals surface area contributed by atoms with Crippen LogP contribution in [0.4, 0.5) is 5.69 Å². The third-order valence-electron chi connectivity index (χ3n) is 6.81. The third kappa shape index (κ3) is 7.58. The van der Waals surface area contributed by atoms with Crippen LogP contribution in [-0.2, 0) is 27.7 Å². The molecule has 0 aliphatic carbocycles. The Balaban J connectivity index is 1.51. The number of anilines is 1. The second kappa shape index (κ2) is 13.1. The molecule has 7 heteroatoms. The number of amides is 1. The Morgan fingerprint density at radius 2 is 1.69 bits per heavy atom. The Hall–Kier alpha value is -3.42. The molecule has 0 spiro atoms. The fourth-order valence-electron chi connectivity index (χ4n) is 4.85. The van der Waals surface area contributed by atoms with Gasteiger partial charge < -0.3 is 10.3 Å². The van der Waals surface area contributed by atoms with Gasteiger partial charge in [0.1, 0.15) is 0 Å². The van der Waals surface area contributed by atoms with E-state index >= 15 is 0 Å². The SMILES string of the molecule is CCCCCc1ccc(S(=O)(=O)NCCc2c(-c3cccc(NC(=O)CC(C)C)c3)[nH]c3ccccc23)cc1. The van der Waals surface area contributed by atoms with Crippen molar-refractivity contribution in [2.75, 3.05) is 11.9 Å². The van der Waals surface area contributed by atoms with Crippen LogP contribution in [0.3, 0.4) is 0 Å². The number of para-hydroxylation sites is 1. The number of H-pyrrole nitrogens is 1. The number of hydrogen-bond acceptors (Lipinski definition) is 3. The fraction of sp³-hybridized carbons (Fsp3) is 0.344. The normalized spacial score (nSPS) is 11.8. The summed E-state index contributed by atoms with van der Waals surface area (Å²) in [5.74, 6) is 0.267. The number of carbonyl (C=O) groups excluding carboxylic acids is 1. The molecule has 39 heavy (non-hydrogen) atoms. The van der Waals surface area contributed by atoms with Crippen LogP contribution in [0.2, 0.25) is 0 Å². The van der Waals surface area contributed by atoms with E-state index in [2.05, 4.69) is 21.9 Å². The van der Waals surface area contributed by atoms with Crippen LogP contribution < -0.4 is 10.0 Å². The van der Waals surface area contributed by atoms with Crippen molar-refractivity contribution in [2.45, 2.75) is 64.2 Å². The number of rotatable bonds is 13. The maximum absolute atomic E-state index is 13.0. The highest BCUT2D eigenvalue weighted by atomic mass is 32.2. The van der Waals surface area contributed by atoms with Crippen molar-refractivity contribution < 1.29 is 13.2 Å². The molecule has 1 heterocycles. The van der Waals surface area contributed by atoms with Crippen LogP contribution in [0.1, 0.15) is 57.6 Å². The molecule has 3 N–H and O–H groups in total. The summed E-state index contributed by atoms with van der Waals surface area (Å²) in [4.78, 5) is 16.1. The molecule has 4 aromatic rings. The standard InChI is InChI=1S/C32H39N3O3S/c1-4-5-6-10-24-15-17-27(18-16-24)39(37,38)33-20-19-29-28-13-7-8-14-30(28)35-32(29)25-11-9-12-26(22-25)34-31(36)21-23(2)3/h7-9,11-18,22-23,33,35H,4-6,10,19-21H2,1-3H3,(H,34,36). The van der Waals surface area contributed by atoms with Gasteiger partial charge in [-0.3, -0.25) is 4.79 Å². The first-order valence-electron chi connectivity index (χ1n) is 13.9. The molecule has 206 valence electrons. The lowest BCUT2D eigenvalue weighted by Gasteiger charge is -2.11. The second-order valence-electron chi connectivity index (χ2n) is 10.5. The van der Waals surface area contributed by atoms with Gasteiger partial charge in [-0.25, -0.2) is 13.1 Å². The topological polar surface area (TPSA) is 91.1 Å². The largest absolute Gasteiger partial charge is 0.354 e. The molecular formula is C32H39N3O3S. The minimum absolute atomic E-state index is 0.0116. The Morgan fingerprint density at radius 3 is 2.44 bits per heavy atom. The molecule has 0 aliphatic rings. The number of nitrogens with one attached hydrogen (secondary N) is 3. The predicted molar refractivity (Wildman–Crippen MR) is 160 cm³/mol. The number of hydrogen-bond donors (Lipinski definition) is 3. The van der Waals surface area contributed by atoms with Gasteiger partial charge in [0.15, 0.2) is 0 Å². The Morgan fingerprint density at radius 1 is 0.923 bits per heavy atom. The molecule has 0 saturated carbocycles. The number of sulfonamides is 1. The second-order valence-corrected chi connectivity index (χ2v) is 12.3. The van der Waals surface area contributed by atoms with Crippen molar-refractivity contribution in [2.24, 2.45) is 5.92 Å². The van der Waals surface area contributed by atoms with Crippen LogP contribution in [0.5, 0.6) is 0 Å². The summed E-state index contributed by atoms with van der Waals surface area (Å²) >= 11 is 0. The number of fused-ring (bicyclic) bond motifs is 1. The highest BCUT2D eigenvalue weighted by Crippen LogP contribution is 2.32. The summed E-state index contributed by atoms with van der Waals surface area (Å²) in [6.07, 6.45) is 5.39. The van der Waals surface area contributed by atoms with Crippen LogP contribution in [0.25, 0.3) is 22.2 Å². The smallest absolute Gasteiger partial charge is 0.240 e. The molecule has 1 aromatic heterocycles. The van der Waals surface area contributed by atoms with E-state index in [0.29, 0.717) is 12.8 Å². The van der Waals surface area contributed by atoms with Gasteiger partial charge in [0.05, 0.1) is 4.90 Å². The summed E-state index contributed by atoms with van der Waals surface area (Å²) in [6.45, 7) is 6.47. The number of carbonyl (C=O) groups is 1. The molecule has 6 nitrogen and oxygen atoms in total. The molecule has 0 aliphatic heterocycles. The predicted octanol–water partition coefficient (Wildman–Crippen LogP) is 7.07. The van der Waals surface area contributed by atoms with Crippen molar-refractivity contribution in [3.63, 3.8) is 0 Å². The van der Waals surface area contributed by atoms with E-state index in [4.69, 9.17) is 0 Å². The maximum atomic E-state index is 13.0. The van der Waals surface area contributed by atoms with Gasteiger partial charge in [0, 0.05) is 40.8 Å². The van der Waals surface area contributed by atoms with Crippen molar-refractivity contribution in [3.05, 3.63) is 83.9 Å². The average Bonchev–Trinajstić information content (AvgIpc) is 3.27. The van der Waals surface area contributed by atoms with Gasteiger partial charge >= 0.3 is 0 Å². The molecule has 0 unspecified atom stereocenters. The molecule has 0 fully saturated rings. The third-order valence-corrected chi connectivity index (χ3v) is 8.29. The van der Waals surface area contributed by atoms with Gasteiger partial charge in [0.25, 0.3) is 0 Å². The minimum atomic E-state index is -3.62. The van der Waals surface area contributed by atoms with Crippen LogP contribution in [-0.4, -0.2) is 25.9 Å². The van der Waals surface area contributed by atoms with Crippen molar-refractivity contribution >= 4 is 32.5 Å². The highest BCUT2D eigenvalue weighted by molar-refractivity contribution is 7.89. The molecule has 0 bridgehead atoms. The monoisotopic (exact) mass is 545 g/mol. The lowest BCUT2D eigenvalue weighted by Crippen LogP contribution is -2.26. The van der Waals surface area contributed by atoms with E-state index < -0.39 is 10.0 Å². The Labute approximate surface area is 232 Å². The van der Waals surface area contributed by atoms with E-state index in [1.54, 1.807) is 12.1 Å². The quantitative estimate of drug-likeness (QED) is 0.157. The van der Waals surface area contributed by atoms with E-state index in [1.807, 2.05) is 74.5 Å². The number of aromatic amines is 1. The number of unbranched alkanes of at least 4 members (excludes halogenated alkanes) is 2. The van der Waals surface area contributed by atoms with Crippen LogP contribution >= 0.6 is 0 Å². The fourth-order valence-corrected chi connectivity index (χ4v) is 5.88. The number of aromatic nitrogens is 1. The first kappa shape index (κ1) is 28.6. The summed E-state index contributed by atoms with van der Waals surface area (Å²) in [5.41, 5.74) is 5.77. The first-order valence-corrected chi connectivity index (χ1v) is 15.3. The molecule has 0 atom stereocenters. The van der Waals surface area contributed by atoms with Crippen molar-refractivity contribution in [1.82, 2.24) is 9.71 Å². The van der Waals surface area contributed by atoms with Gasteiger partial charge in [-0.05, 0) is 66.6 Å². The van der Waals surface area contributed by atoms with Crippen LogP contribution in [0, 0.1) is 5.92 Å². The summed E-state index contributed by atoms with van der Waals surface area (Å²) in [5, 5.41) is 4.04. The summed E-state index contributed by atoms with van der Waals surface area (Å²) in [7, 11) is -3.62. The lowest BCUT2D eigenvalue weighted by atomic mass is 10.0. The lowest BCUT2D eigenvalue weighted by molar-refractivity contribution is -0.116. The van der Waals surface area contributed by atoms with E-state index in [-0.39, 0.29) is 23.3 Å². The minimum Gasteiger partial charge on any atom is -0.354 e. The van der Waals surface area contributed by atoms with Crippen LogP contribution in [0.15, 0.2) is 77.7 Å². The summed E-state index contributed by atoms with van der Waals surface area (Å²) < 4.78 is 28.8. The van der Waals surface area contributed by atoms with Gasteiger partial charge in [-0.15, -0.1) is 0 Å². The molecule has 1 amide bonds.